The molecule has 0 saturated heterocycles. The van der Waals surface area contributed by atoms with Crippen LogP contribution in [0.1, 0.15) is 21.8 Å². The first kappa shape index (κ1) is 14.3. The lowest BCUT2D eigenvalue weighted by Crippen LogP contribution is -2.40. The van der Waals surface area contributed by atoms with E-state index in [9.17, 15) is 9.59 Å². The highest BCUT2D eigenvalue weighted by molar-refractivity contribution is 7.20. The fourth-order valence-corrected chi connectivity index (χ4v) is 2.96. The third-order valence-corrected chi connectivity index (χ3v) is 4.13. The van der Waals surface area contributed by atoms with Gasteiger partial charge in [0.05, 0.1) is 10.6 Å². The van der Waals surface area contributed by atoms with Crippen LogP contribution in [0.15, 0.2) is 18.7 Å². The standard InChI is InChI=1S/C13H15N3O3S/c1-4-5-9(13(18)19)14-11(17)10-6-8-7(2)15-16(3)12(8)20-10/h4,6,9H,1,5H2,2-3H3,(H,14,17)(H,18,19). The molecule has 1 atom stereocenters. The Morgan fingerprint density at radius 2 is 2.35 bits per heavy atom. The first-order valence-corrected chi connectivity index (χ1v) is 6.83. The predicted molar refractivity (Wildman–Crippen MR) is 77.0 cm³/mol. The van der Waals surface area contributed by atoms with Crippen molar-refractivity contribution >= 4 is 33.4 Å². The van der Waals surface area contributed by atoms with Gasteiger partial charge in [0.25, 0.3) is 5.91 Å². The summed E-state index contributed by atoms with van der Waals surface area (Å²) in [5.74, 6) is -1.46. The quantitative estimate of drug-likeness (QED) is 0.822. The van der Waals surface area contributed by atoms with Gasteiger partial charge in [0.15, 0.2) is 0 Å². The van der Waals surface area contributed by atoms with E-state index >= 15 is 0 Å². The topological polar surface area (TPSA) is 84.2 Å². The second kappa shape index (κ2) is 5.46. The van der Waals surface area contributed by atoms with E-state index < -0.39 is 12.0 Å². The van der Waals surface area contributed by atoms with Crippen LogP contribution in [0.25, 0.3) is 10.2 Å². The lowest BCUT2D eigenvalue weighted by Gasteiger charge is -2.11. The number of carboxylic acid groups (broad SMARTS) is 1. The number of carboxylic acids is 1. The lowest BCUT2D eigenvalue weighted by molar-refractivity contribution is -0.139. The van der Waals surface area contributed by atoms with Crippen LogP contribution in [0, 0.1) is 6.92 Å². The fraction of sp³-hybridized carbons (Fsp3) is 0.308. The van der Waals surface area contributed by atoms with Crippen molar-refractivity contribution in [2.75, 3.05) is 0 Å². The lowest BCUT2D eigenvalue weighted by atomic mass is 10.2. The maximum atomic E-state index is 12.1. The summed E-state index contributed by atoms with van der Waals surface area (Å²) in [6.07, 6.45) is 1.66. The molecule has 0 radical (unpaired) electrons. The molecule has 2 N–H and O–H groups in total. The number of hydrogen-bond donors (Lipinski definition) is 2. The number of amides is 1. The van der Waals surface area contributed by atoms with E-state index in [1.54, 1.807) is 10.7 Å². The zero-order valence-electron chi connectivity index (χ0n) is 11.2. The number of thiophene rings is 1. The van der Waals surface area contributed by atoms with Crippen molar-refractivity contribution in [1.82, 2.24) is 15.1 Å². The minimum absolute atomic E-state index is 0.187. The van der Waals surface area contributed by atoms with Gasteiger partial charge >= 0.3 is 5.97 Å². The Morgan fingerprint density at radius 1 is 1.65 bits per heavy atom. The smallest absolute Gasteiger partial charge is 0.326 e. The largest absolute Gasteiger partial charge is 0.480 e. The van der Waals surface area contributed by atoms with Crippen molar-refractivity contribution in [2.45, 2.75) is 19.4 Å². The van der Waals surface area contributed by atoms with Crippen LogP contribution in [0.3, 0.4) is 0 Å². The summed E-state index contributed by atoms with van der Waals surface area (Å²) in [5.41, 5.74) is 0.846. The third-order valence-electron chi connectivity index (χ3n) is 2.93. The van der Waals surface area contributed by atoms with E-state index in [0.29, 0.717) is 4.88 Å². The van der Waals surface area contributed by atoms with Gasteiger partial charge in [-0.3, -0.25) is 9.48 Å². The Bertz CT molecular complexity index is 652. The number of nitrogens with one attached hydrogen (secondary N) is 1. The number of aryl methyl sites for hydroxylation is 2. The number of nitrogens with zero attached hydrogens (tertiary/aromatic N) is 2. The van der Waals surface area contributed by atoms with E-state index in [1.165, 1.54) is 17.4 Å². The van der Waals surface area contributed by atoms with Crippen molar-refractivity contribution in [3.05, 3.63) is 29.3 Å². The number of aliphatic carboxylic acids is 1. The van der Waals surface area contributed by atoms with Crippen molar-refractivity contribution in [2.24, 2.45) is 7.05 Å². The first-order chi connectivity index (χ1) is 9.43. The zero-order chi connectivity index (χ0) is 14.9. The summed E-state index contributed by atoms with van der Waals surface area (Å²) >= 11 is 1.29. The molecular formula is C13H15N3O3S. The van der Waals surface area contributed by atoms with Crippen molar-refractivity contribution in [3.63, 3.8) is 0 Å². The Labute approximate surface area is 119 Å². The molecule has 20 heavy (non-hydrogen) atoms. The van der Waals surface area contributed by atoms with Gasteiger partial charge in [-0.1, -0.05) is 6.08 Å². The summed E-state index contributed by atoms with van der Waals surface area (Å²) in [7, 11) is 1.81. The highest BCUT2D eigenvalue weighted by Crippen LogP contribution is 2.27. The minimum Gasteiger partial charge on any atom is -0.480 e. The summed E-state index contributed by atoms with van der Waals surface area (Å²) in [6, 6.07) is 0.786. The van der Waals surface area contributed by atoms with Crippen LogP contribution >= 0.6 is 11.3 Å². The molecule has 0 fully saturated rings. The average Bonchev–Trinajstić information content (AvgIpc) is 2.91. The van der Waals surface area contributed by atoms with Gasteiger partial charge in [0, 0.05) is 12.4 Å². The number of carbonyl (C=O) groups excluding carboxylic acids is 1. The van der Waals surface area contributed by atoms with Crippen molar-refractivity contribution in [1.29, 1.82) is 0 Å². The van der Waals surface area contributed by atoms with Gasteiger partial charge in [-0.2, -0.15) is 5.10 Å². The van der Waals surface area contributed by atoms with Crippen LogP contribution < -0.4 is 5.32 Å². The Balaban J connectivity index is 2.24. The minimum atomic E-state index is -1.07. The molecule has 2 heterocycles. The van der Waals surface area contributed by atoms with Gasteiger partial charge in [-0.15, -0.1) is 17.9 Å². The maximum absolute atomic E-state index is 12.1. The van der Waals surface area contributed by atoms with Crippen molar-refractivity contribution in [3.8, 4) is 0 Å². The van der Waals surface area contributed by atoms with Gasteiger partial charge in [0.2, 0.25) is 0 Å². The molecule has 7 heteroatoms. The molecule has 0 aromatic carbocycles. The van der Waals surface area contributed by atoms with Crippen LogP contribution in [-0.2, 0) is 11.8 Å². The van der Waals surface area contributed by atoms with Crippen molar-refractivity contribution < 1.29 is 14.7 Å². The summed E-state index contributed by atoms with van der Waals surface area (Å²) in [4.78, 5) is 24.5. The number of rotatable bonds is 5. The summed E-state index contributed by atoms with van der Waals surface area (Å²) < 4.78 is 1.71. The van der Waals surface area contributed by atoms with E-state index in [0.717, 1.165) is 15.9 Å². The molecule has 6 nitrogen and oxygen atoms in total. The Morgan fingerprint density at radius 3 is 2.90 bits per heavy atom. The molecule has 0 saturated carbocycles. The van der Waals surface area contributed by atoms with E-state index in [2.05, 4.69) is 17.0 Å². The number of carbonyl (C=O) groups is 2. The third kappa shape index (κ3) is 2.57. The number of fused-ring (bicyclic) bond motifs is 1. The molecule has 0 bridgehead atoms. The SMILES string of the molecule is C=CCC(NC(=O)c1cc2c(C)nn(C)c2s1)C(=O)O. The normalized spacial score (nSPS) is 12.3. The van der Waals surface area contributed by atoms with Crippen LogP contribution in [-0.4, -0.2) is 32.8 Å². The predicted octanol–water partition coefficient (Wildman–Crippen LogP) is 1.70. The number of aromatic nitrogens is 2. The zero-order valence-corrected chi connectivity index (χ0v) is 12.0. The highest BCUT2D eigenvalue weighted by Gasteiger charge is 2.21. The van der Waals surface area contributed by atoms with Gasteiger partial charge in [0.1, 0.15) is 10.9 Å². The second-order valence-corrected chi connectivity index (χ2v) is 5.46. The molecule has 2 aromatic rings. The van der Waals surface area contributed by atoms with E-state index in [4.69, 9.17) is 5.11 Å². The molecular weight excluding hydrogens is 278 g/mol. The van der Waals surface area contributed by atoms with Crippen LogP contribution in [0.4, 0.5) is 0 Å². The molecule has 2 rings (SSSR count). The molecule has 0 spiro atoms. The first-order valence-electron chi connectivity index (χ1n) is 6.01. The molecule has 0 aliphatic carbocycles. The molecule has 106 valence electrons. The van der Waals surface area contributed by atoms with Gasteiger partial charge in [-0.05, 0) is 19.4 Å². The van der Waals surface area contributed by atoms with Crippen LogP contribution in [0.5, 0.6) is 0 Å². The molecule has 1 amide bonds. The molecule has 2 aromatic heterocycles. The van der Waals surface area contributed by atoms with Crippen LogP contribution in [0.2, 0.25) is 0 Å². The van der Waals surface area contributed by atoms with Gasteiger partial charge in [-0.25, -0.2) is 4.79 Å². The molecule has 0 aliphatic heterocycles. The van der Waals surface area contributed by atoms with E-state index in [-0.39, 0.29) is 12.3 Å². The molecule has 1 unspecified atom stereocenters. The van der Waals surface area contributed by atoms with Gasteiger partial charge < -0.3 is 10.4 Å². The summed E-state index contributed by atoms with van der Waals surface area (Å²) in [6.45, 7) is 5.36. The number of hydrogen-bond acceptors (Lipinski definition) is 4. The Hall–Kier alpha value is -2.15. The Kier molecular flexibility index (Phi) is 3.89. The summed E-state index contributed by atoms with van der Waals surface area (Å²) in [5, 5.41) is 16.7. The van der Waals surface area contributed by atoms with E-state index in [1.807, 2.05) is 14.0 Å². The maximum Gasteiger partial charge on any atom is 0.326 e. The average molecular weight is 293 g/mol. The molecule has 0 aliphatic rings. The highest BCUT2D eigenvalue weighted by atomic mass is 32.1. The monoisotopic (exact) mass is 293 g/mol. The second-order valence-electron chi connectivity index (χ2n) is 4.43. The fourth-order valence-electron chi connectivity index (χ4n) is 1.93.